The number of morpholine rings is 1. The number of nitrogens with zero attached hydrogens (tertiary/aromatic N) is 2. The first-order valence-corrected chi connectivity index (χ1v) is 12.1. The number of carbonyl (C=O) groups excluding carboxylic acids is 2. The Balaban J connectivity index is 1.39. The van der Waals surface area contributed by atoms with Gasteiger partial charge in [-0.2, -0.15) is 0 Å². The van der Waals surface area contributed by atoms with Gasteiger partial charge in [0.25, 0.3) is 11.6 Å². The van der Waals surface area contributed by atoms with Crippen molar-refractivity contribution in [2.24, 2.45) is 0 Å². The second kappa shape index (κ2) is 9.26. The van der Waals surface area contributed by atoms with Gasteiger partial charge < -0.3 is 20.1 Å². The predicted molar refractivity (Wildman–Crippen MR) is 127 cm³/mol. The Bertz CT molecular complexity index is 1270. The highest BCUT2D eigenvalue weighted by Crippen LogP contribution is 2.47. The van der Waals surface area contributed by atoms with Gasteiger partial charge in [-0.25, -0.2) is 0 Å². The van der Waals surface area contributed by atoms with Gasteiger partial charge in [0.05, 0.1) is 22.8 Å². The van der Waals surface area contributed by atoms with Crippen molar-refractivity contribution < 1.29 is 37.2 Å². The summed E-state index contributed by atoms with van der Waals surface area (Å²) in [5.41, 5.74) is -1.85. The molecule has 37 heavy (non-hydrogen) atoms. The largest absolute Gasteiger partial charge is 0.573 e. The van der Waals surface area contributed by atoms with Gasteiger partial charge >= 0.3 is 6.36 Å². The van der Waals surface area contributed by atoms with Crippen LogP contribution in [-0.2, 0) is 9.53 Å². The summed E-state index contributed by atoms with van der Waals surface area (Å²) in [5, 5.41) is 16.3. The number of nitro groups is 1. The van der Waals surface area contributed by atoms with Crippen molar-refractivity contribution in [3.05, 3.63) is 56.5 Å². The zero-order chi connectivity index (χ0) is 26.5. The van der Waals surface area contributed by atoms with Crippen LogP contribution in [0.2, 0.25) is 0 Å². The Morgan fingerprint density at radius 2 is 1.81 bits per heavy atom. The highest BCUT2D eigenvalue weighted by molar-refractivity contribution is 9.10. The Hall–Kier alpha value is -3.23. The van der Waals surface area contributed by atoms with E-state index in [1.165, 1.54) is 12.1 Å². The van der Waals surface area contributed by atoms with Crippen molar-refractivity contribution in [3.8, 4) is 5.75 Å². The van der Waals surface area contributed by atoms with Crippen molar-refractivity contribution in [1.82, 2.24) is 4.90 Å². The molecule has 2 aromatic carbocycles. The van der Waals surface area contributed by atoms with E-state index in [-0.39, 0.29) is 29.1 Å². The molecule has 2 amide bonds. The number of carbonyl (C=O) groups is 2. The quantitative estimate of drug-likeness (QED) is 0.364. The zero-order valence-corrected chi connectivity index (χ0v) is 20.6. The van der Waals surface area contributed by atoms with Gasteiger partial charge in [0.2, 0.25) is 5.91 Å². The van der Waals surface area contributed by atoms with Crippen molar-refractivity contribution in [3.63, 3.8) is 0 Å². The fourth-order valence-corrected chi connectivity index (χ4v) is 5.06. The molecule has 14 heteroatoms. The molecule has 6 rings (SSSR count). The van der Waals surface area contributed by atoms with Crippen LogP contribution in [0, 0.1) is 10.1 Å². The lowest BCUT2D eigenvalue weighted by molar-refractivity contribution is -0.385. The highest BCUT2D eigenvalue weighted by Gasteiger charge is 2.58. The Kier molecular flexibility index (Phi) is 6.36. The first kappa shape index (κ1) is 25.4. The van der Waals surface area contributed by atoms with Gasteiger partial charge in [-0.15, -0.1) is 13.2 Å². The average Bonchev–Trinajstić information content (AvgIpc) is 3.62. The van der Waals surface area contributed by atoms with Crippen molar-refractivity contribution in [2.45, 2.75) is 43.4 Å². The van der Waals surface area contributed by atoms with E-state index in [0.717, 1.165) is 30.7 Å². The molecular weight excluding hydrogens is 565 g/mol. The number of halogens is 4. The maximum absolute atomic E-state index is 13.2. The summed E-state index contributed by atoms with van der Waals surface area (Å²) in [6, 6.07) is 7.06. The third kappa shape index (κ3) is 5.26. The smallest absolute Gasteiger partial charge is 0.404 e. The van der Waals surface area contributed by atoms with Crippen LogP contribution in [0.1, 0.15) is 29.6 Å². The van der Waals surface area contributed by atoms with E-state index in [0.29, 0.717) is 30.4 Å². The number of benzene rings is 2. The maximum Gasteiger partial charge on any atom is 0.573 e. The van der Waals surface area contributed by atoms with Crippen molar-refractivity contribution in [2.75, 3.05) is 23.7 Å². The number of piperidine rings is 1. The normalized spacial score (nSPS) is 21.9. The first-order chi connectivity index (χ1) is 17.4. The molecule has 4 aliphatic rings. The van der Waals surface area contributed by atoms with Gasteiger partial charge in [0.1, 0.15) is 11.1 Å². The number of rotatable bonds is 7. The number of nitro benzene ring substituents is 1. The number of amides is 2. The van der Waals surface area contributed by atoms with Gasteiger partial charge in [0, 0.05) is 35.7 Å². The third-order valence-corrected chi connectivity index (χ3v) is 7.12. The number of fused-ring (bicyclic) bond motifs is 2. The second-order valence-corrected chi connectivity index (χ2v) is 10.1. The van der Waals surface area contributed by atoms with Gasteiger partial charge in [-0.05, 0) is 43.2 Å². The van der Waals surface area contributed by atoms with E-state index in [2.05, 4.69) is 31.3 Å². The van der Waals surface area contributed by atoms with Crippen LogP contribution in [0.4, 0.5) is 30.2 Å². The van der Waals surface area contributed by atoms with Crippen LogP contribution in [0.3, 0.4) is 0 Å². The maximum atomic E-state index is 13.2. The van der Waals surface area contributed by atoms with E-state index in [9.17, 15) is 32.9 Å². The SMILES string of the molecule is O=C(Nc1ccc(OC(F)(F)F)c(NC(=O)C2(N3CC4CC(C3)O4)CC2)c1)c1ccc(Br)cc1[N+](=O)[O-]. The average molecular weight is 585 g/mol. The molecule has 2 unspecified atom stereocenters. The summed E-state index contributed by atoms with van der Waals surface area (Å²) in [6.07, 6.45) is -2.89. The molecule has 1 saturated carbocycles. The van der Waals surface area contributed by atoms with Crippen molar-refractivity contribution in [1.29, 1.82) is 0 Å². The number of alkyl halides is 3. The number of anilines is 2. The molecule has 196 valence electrons. The minimum atomic E-state index is -5.02. The molecule has 0 radical (unpaired) electrons. The lowest BCUT2D eigenvalue weighted by Crippen LogP contribution is -2.62. The minimum Gasteiger partial charge on any atom is -0.404 e. The Labute approximate surface area is 216 Å². The molecule has 1 aliphatic carbocycles. The lowest BCUT2D eigenvalue weighted by Gasteiger charge is -2.49. The van der Waals surface area contributed by atoms with E-state index in [4.69, 9.17) is 4.74 Å². The van der Waals surface area contributed by atoms with Crippen LogP contribution in [0.15, 0.2) is 40.9 Å². The molecular formula is C23H20BrF3N4O6. The van der Waals surface area contributed by atoms with E-state index in [1.807, 2.05) is 4.90 Å². The Morgan fingerprint density at radius 1 is 1.14 bits per heavy atom. The number of hydrogen-bond donors (Lipinski definition) is 2. The topological polar surface area (TPSA) is 123 Å². The molecule has 3 saturated heterocycles. The molecule has 3 heterocycles. The van der Waals surface area contributed by atoms with Crippen LogP contribution in [0.5, 0.6) is 5.75 Å². The summed E-state index contributed by atoms with van der Waals surface area (Å²) in [5.74, 6) is -1.99. The van der Waals surface area contributed by atoms with E-state index < -0.39 is 40.1 Å². The standard InChI is InChI=1S/C23H20BrF3N4O6/c24-12-1-3-16(18(7-12)31(34)35)20(32)28-13-2-4-19(37-23(25,26)27)17(8-13)29-21(33)22(5-6-22)30-10-14-9-15(11-30)36-14/h1-4,7-8,14-15H,5-6,9-11H2,(H,28,32)(H,29,33). The fourth-order valence-electron chi connectivity index (χ4n) is 4.71. The zero-order valence-electron chi connectivity index (χ0n) is 19.0. The minimum absolute atomic E-state index is 0.00417. The van der Waals surface area contributed by atoms with E-state index in [1.54, 1.807) is 0 Å². The lowest BCUT2D eigenvalue weighted by atomic mass is 9.96. The summed E-state index contributed by atoms with van der Waals surface area (Å²) in [7, 11) is 0. The molecule has 2 aromatic rings. The first-order valence-electron chi connectivity index (χ1n) is 11.3. The highest BCUT2D eigenvalue weighted by atomic mass is 79.9. The van der Waals surface area contributed by atoms with Crippen LogP contribution >= 0.6 is 15.9 Å². The molecule has 2 atom stereocenters. The van der Waals surface area contributed by atoms with Gasteiger partial charge in [-0.1, -0.05) is 15.9 Å². The molecule has 0 aromatic heterocycles. The molecule has 3 aliphatic heterocycles. The molecule has 2 bridgehead atoms. The fraction of sp³-hybridized carbons (Fsp3) is 0.391. The number of nitrogens with one attached hydrogen (secondary N) is 2. The molecule has 10 nitrogen and oxygen atoms in total. The molecule has 2 N–H and O–H groups in total. The number of ether oxygens (including phenoxy) is 2. The van der Waals surface area contributed by atoms with Crippen LogP contribution in [-0.4, -0.2) is 58.8 Å². The summed E-state index contributed by atoms with van der Waals surface area (Å²) >= 11 is 3.11. The van der Waals surface area contributed by atoms with Gasteiger partial charge in [-0.3, -0.25) is 24.6 Å². The Morgan fingerprint density at radius 3 is 2.41 bits per heavy atom. The van der Waals surface area contributed by atoms with E-state index >= 15 is 0 Å². The molecule has 4 fully saturated rings. The second-order valence-electron chi connectivity index (χ2n) is 9.14. The summed E-state index contributed by atoms with van der Waals surface area (Å²) < 4.78 is 49.2. The third-order valence-electron chi connectivity index (χ3n) is 6.62. The number of hydrogen-bond acceptors (Lipinski definition) is 7. The van der Waals surface area contributed by atoms with Gasteiger partial charge in [0.15, 0.2) is 5.75 Å². The van der Waals surface area contributed by atoms with Crippen molar-refractivity contribution >= 4 is 44.8 Å². The predicted octanol–water partition coefficient (Wildman–Crippen LogP) is 4.45. The summed E-state index contributed by atoms with van der Waals surface area (Å²) in [6.45, 7) is 1.13. The summed E-state index contributed by atoms with van der Waals surface area (Å²) in [4.78, 5) is 38.6. The molecule has 0 spiro atoms. The van der Waals surface area contributed by atoms with Crippen LogP contribution in [0.25, 0.3) is 0 Å². The monoisotopic (exact) mass is 584 g/mol. The van der Waals surface area contributed by atoms with Crippen LogP contribution < -0.4 is 15.4 Å².